The van der Waals surface area contributed by atoms with Crippen molar-refractivity contribution in [2.24, 2.45) is 0 Å². The molecule has 2 aliphatic rings. The molecule has 0 atom stereocenters. The normalized spacial score (nSPS) is 15.5. The van der Waals surface area contributed by atoms with Gasteiger partial charge in [0.1, 0.15) is 5.82 Å². The summed E-state index contributed by atoms with van der Waals surface area (Å²) in [5.41, 5.74) is 6.38. The summed E-state index contributed by atoms with van der Waals surface area (Å²) in [6, 6.07) is 9.73. The number of hydrogen-bond acceptors (Lipinski definition) is 8. The molecule has 0 amide bonds. The SMILES string of the molecule is Cc1nc(Nc2c(C)cc3c(c2C)-c2ccccc2C3=O)nc(N2CCN(CCO)CC2)n1. The van der Waals surface area contributed by atoms with Crippen LogP contribution in [0.2, 0.25) is 0 Å². The first kappa shape index (κ1) is 21.5. The molecular formula is C25H28N6O2. The first-order valence-corrected chi connectivity index (χ1v) is 11.3. The first-order valence-electron chi connectivity index (χ1n) is 11.3. The van der Waals surface area contributed by atoms with E-state index in [1.165, 1.54) is 0 Å². The molecule has 2 aromatic carbocycles. The lowest BCUT2D eigenvalue weighted by molar-refractivity contribution is 0.104. The Morgan fingerprint density at radius 1 is 0.970 bits per heavy atom. The number of β-amino-alcohol motifs (C(OH)–C–C–N with tert-alkyl or cyclic N) is 1. The molecule has 0 radical (unpaired) electrons. The maximum Gasteiger partial charge on any atom is 0.232 e. The molecule has 0 unspecified atom stereocenters. The van der Waals surface area contributed by atoms with Crippen LogP contribution in [0.15, 0.2) is 30.3 Å². The molecule has 0 bridgehead atoms. The van der Waals surface area contributed by atoms with Crippen molar-refractivity contribution in [2.45, 2.75) is 20.8 Å². The maximum absolute atomic E-state index is 12.9. The molecule has 2 heterocycles. The van der Waals surface area contributed by atoms with Crippen LogP contribution >= 0.6 is 0 Å². The smallest absolute Gasteiger partial charge is 0.232 e. The number of ketones is 1. The Morgan fingerprint density at radius 2 is 1.70 bits per heavy atom. The van der Waals surface area contributed by atoms with Gasteiger partial charge >= 0.3 is 0 Å². The number of aryl methyl sites for hydroxylation is 2. The van der Waals surface area contributed by atoms with E-state index < -0.39 is 0 Å². The zero-order valence-electron chi connectivity index (χ0n) is 19.2. The molecular weight excluding hydrogens is 416 g/mol. The van der Waals surface area contributed by atoms with E-state index in [1.54, 1.807) is 0 Å². The van der Waals surface area contributed by atoms with Crippen molar-refractivity contribution < 1.29 is 9.90 Å². The average molecular weight is 445 g/mol. The van der Waals surface area contributed by atoms with Gasteiger partial charge in [-0.15, -0.1) is 0 Å². The molecule has 0 spiro atoms. The van der Waals surface area contributed by atoms with Crippen LogP contribution in [0.3, 0.4) is 0 Å². The standard InChI is InChI=1S/C25H28N6O2/c1-15-14-20-21(18-6-4-5-7-19(18)23(20)33)16(2)22(15)28-24-26-17(3)27-25(29-24)31-10-8-30(9-11-31)12-13-32/h4-7,14,32H,8-13H2,1-3H3,(H,26,27,28,29). The molecule has 170 valence electrons. The molecule has 3 aromatic rings. The lowest BCUT2D eigenvalue weighted by Crippen LogP contribution is -2.47. The van der Waals surface area contributed by atoms with Gasteiger partial charge in [0.25, 0.3) is 0 Å². The van der Waals surface area contributed by atoms with Crippen LogP contribution in [0.1, 0.15) is 32.9 Å². The van der Waals surface area contributed by atoms with Gasteiger partial charge in [0, 0.05) is 49.5 Å². The van der Waals surface area contributed by atoms with Gasteiger partial charge in [-0.2, -0.15) is 15.0 Å². The van der Waals surface area contributed by atoms with Crippen LogP contribution in [-0.2, 0) is 0 Å². The summed E-state index contributed by atoms with van der Waals surface area (Å²) in [5, 5.41) is 12.6. The van der Waals surface area contributed by atoms with Gasteiger partial charge in [0.2, 0.25) is 11.9 Å². The number of fused-ring (bicyclic) bond motifs is 3. The molecule has 33 heavy (non-hydrogen) atoms. The second-order valence-electron chi connectivity index (χ2n) is 8.67. The highest BCUT2D eigenvalue weighted by Crippen LogP contribution is 2.43. The van der Waals surface area contributed by atoms with E-state index in [0.29, 0.717) is 24.3 Å². The van der Waals surface area contributed by atoms with E-state index in [1.807, 2.05) is 51.1 Å². The second kappa shape index (κ2) is 8.53. The van der Waals surface area contributed by atoms with Crippen LogP contribution in [-0.4, -0.2) is 70.1 Å². The van der Waals surface area contributed by atoms with E-state index in [4.69, 9.17) is 4.98 Å². The Balaban J connectivity index is 1.46. The lowest BCUT2D eigenvalue weighted by Gasteiger charge is -2.34. The number of aliphatic hydroxyl groups is 1. The summed E-state index contributed by atoms with van der Waals surface area (Å²) in [6.45, 7) is 10.1. The summed E-state index contributed by atoms with van der Waals surface area (Å²) >= 11 is 0. The van der Waals surface area contributed by atoms with E-state index in [-0.39, 0.29) is 12.4 Å². The number of hydrogen-bond donors (Lipinski definition) is 2. The Bertz CT molecular complexity index is 1230. The van der Waals surface area contributed by atoms with Crippen LogP contribution in [0.5, 0.6) is 0 Å². The predicted octanol–water partition coefficient (Wildman–Crippen LogP) is 2.87. The van der Waals surface area contributed by atoms with Gasteiger partial charge in [-0.1, -0.05) is 24.3 Å². The van der Waals surface area contributed by atoms with Gasteiger partial charge < -0.3 is 15.3 Å². The molecule has 1 aromatic heterocycles. The summed E-state index contributed by atoms with van der Waals surface area (Å²) in [5.74, 6) is 1.89. The molecule has 2 N–H and O–H groups in total. The van der Waals surface area contributed by atoms with E-state index in [9.17, 15) is 9.90 Å². The van der Waals surface area contributed by atoms with Gasteiger partial charge in [0.05, 0.1) is 6.61 Å². The highest BCUT2D eigenvalue weighted by atomic mass is 16.3. The number of nitrogens with zero attached hydrogens (tertiary/aromatic N) is 5. The molecule has 1 saturated heterocycles. The summed E-state index contributed by atoms with van der Waals surface area (Å²) in [4.78, 5) is 31.1. The Morgan fingerprint density at radius 3 is 2.42 bits per heavy atom. The van der Waals surface area contributed by atoms with Crippen molar-refractivity contribution in [3.8, 4) is 11.1 Å². The number of aliphatic hydroxyl groups excluding tert-OH is 1. The molecule has 5 rings (SSSR count). The molecule has 8 heteroatoms. The minimum absolute atomic E-state index is 0.0805. The van der Waals surface area contributed by atoms with Crippen molar-refractivity contribution in [3.63, 3.8) is 0 Å². The summed E-state index contributed by atoms with van der Waals surface area (Å²) in [6.07, 6.45) is 0. The van der Waals surface area contributed by atoms with Gasteiger partial charge in [-0.25, -0.2) is 0 Å². The first-order chi connectivity index (χ1) is 16.0. The minimum atomic E-state index is 0.0805. The average Bonchev–Trinajstić information content (AvgIpc) is 3.09. The number of carbonyl (C=O) groups is 1. The highest BCUT2D eigenvalue weighted by molar-refractivity contribution is 6.22. The third-order valence-electron chi connectivity index (χ3n) is 6.50. The lowest BCUT2D eigenvalue weighted by atomic mass is 9.96. The van der Waals surface area contributed by atoms with E-state index >= 15 is 0 Å². The molecule has 0 saturated carbocycles. The zero-order valence-corrected chi connectivity index (χ0v) is 19.2. The van der Waals surface area contributed by atoms with Gasteiger partial charge in [-0.3, -0.25) is 9.69 Å². The second-order valence-corrected chi connectivity index (χ2v) is 8.67. The molecule has 8 nitrogen and oxygen atoms in total. The zero-order chi connectivity index (χ0) is 23.1. The van der Waals surface area contributed by atoms with Crippen LogP contribution in [0.4, 0.5) is 17.6 Å². The van der Waals surface area contributed by atoms with Crippen LogP contribution < -0.4 is 10.2 Å². The third-order valence-corrected chi connectivity index (χ3v) is 6.50. The molecule has 1 aliphatic heterocycles. The fourth-order valence-electron chi connectivity index (χ4n) is 4.84. The van der Waals surface area contributed by atoms with Crippen molar-refractivity contribution in [3.05, 3.63) is 58.4 Å². The number of anilines is 3. The number of nitrogens with one attached hydrogen (secondary N) is 1. The molecule has 1 aliphatic carbocycles. The highest BCUT2D eigenvalue weighted by Gasteiger charge is 2.30. The Labute approximate surface area is 193 Å². The fraction of sp³-hybridized carbons (Fsp3) is 0.360. The number of aromatic nitrogens is 3. The van der Waals surface area contributed by atoms with Gasteiger partial charge in [0.15, 0.2) is 5.78 Å². The Kier molecular flexibility index (Phi) is 5.55. The van der Waals surface area contributed by atoms with Crippen molar-refractivity contribution >= 4 is 23.4 Å². The quantitative estimate of drug-likeness (QED) is 0.485. The van der Waals surface area contributed by atoms with Crippen molar-refractivity contribution in [1.82, 2.24) is 19.9 Å². The van der Waals surface area contributed by atoms with Crippen molar-refractivity contribution in [1.29, 1.82) is 0 Å². The number of piperazine rings is 1. The summed E-state index contributed by atoms with van der Waals surface area (Å²) in [7, 11) is 0. The van der Waals surface area contributed by atoms with Crippen molar-refractivity contribution in [2.75, 3.05) is 49.5 Å². The topological polar surface area (TPSA) is 94.5 Å². The van der Waals surface area contributed by atoms with Crippen LogP contribution in [0, 0.1) is 20.8 Å². The van der Waals surface area contributed by atoms with Crippen LogP contribution in [0.25, 0.3) is 11.1 Å². The number of rotatable bonds is 5. The Hall–Kier alpha value is -3.36. The summed E-state index contributed by atoms with van der Waals surface area (Å²) < 4.78 is 0. The minimum Gasteiger partial charge on any atom is -0.395 e. The largest absolute Gasteiger partial charge is 0.395 e. The number of carbonyl (C=O) groups excluding carboxylic acids is 1. The monoisotopic (exact) mass is 444 g/mol. The fourth-order valence-corrected chi connectivity index (χ4v) is 4.84. The van der Waals surface area contributed by atoms with E-state index in [0.717, 1.165) is 65.2 Å². The number of benzene rings is 2. The maximum atomic E-state index is 12.9. The molecule has 1 fully saturated rings. The third kappa shape index (κ3) is 3.85. The van der Waals surface area contributed by atoms with Gasteiger partial charge in [-0.05, 0) is 49.1 Å². The predicted molar refractivity (Wildman–Crippen MR) is 128 cm³/mol. The van der Waals surface area contributed by atoms with E-state index in [2.05, 4.69) is 25.1 Å².